The average Bonchev–Trinajstić information content (AvgIpc) is 3.52. The zero-order valence-electron chi connectivity index (χ0n) is 26.4. The molecule has 2 unspecified atom stereocenters. The minimum Gasteiger partial charge on any atom is -0.475 e. The maximum absolute atomic E-state index is 6.99. The quantitative estimate of drug-likeness (QED) is 0.194. The number of rotatable bonds is 4. The monoisotopic (exact) mass is 631 g/mol. The van der Waals surface area contributed by atoms with Crippen LogP contribution in [0.4, 0.5) is 0 Å². The Hall–Kier alpha value is -6.46. The van der Waals surface area contributed by atoms with Crippen molar-refractivity contribution in [1.29, 1.82) is 0 Å². The van der Waals surface area contributed by atoms with E-state index in [9.17, 15) is 0 Å². The lowest BCUT2D eigenvalue weighted by molar-refractivity contribution is 0.125. The largest absolute Gasteiger partial charge is 0.475 e. The van der Waals surface area contributed by atoms with E-state index < -0.39 is 0 Å². The molecule has 5 heteroatoms. The van der Waals surface area contributed by atoms with Crippen LogP contribution >= 0.6 is 0 Å². The summed E-state index contributed by atoms with van der Waals surface area (Å²) in [5.74, 6) is 3.08. The van der Waals surface area contributed by atoms with Crippen LogP contribution in [0.2, 0.25) is 0 Å². The fraction of sp³-hybridized carbons (Fsp3) is 0.0455. The summed E-state index contributed by atoms with van der Waals surface area (Å²) in [6.07, 6.45) is 12.4. The van der Waals surface area contributed by atoms with Crippen LogP contribution < -0.4 is 9.47 Å². The molecule has 10 rings (SSSR count). The molecule has 0 N–H and O–H groups in total. The number of benzene rings is 5. The van der Waals surface area contributed by atoms with Gasteiger partial charge in [-0.25, -0.2) is 9.97 Å². The number of fused-ring (bicyclic) bond motifs is 8. The average molecular weight is 632 g/mol. The molecule has 49 heavy (non-hydrogen) atoms. The molecule has 5 nitrogen and oxygen atoms in total. The van der Waals surface area contributed by atoms with Crippen molar-refractivity contribution < 1.29 is 9.47 Å². The first-order valence-electron chi connectivity index (χ1n) is 16.6. The lowest BCUT2D eigenvalue weighted by Crippen LogP contribution is -2.36. The number of aromatic nitrogens is 3. The summed E-state index contributed by atoms with van der Waals surface area (Å²) in [6.45, 7) is 0. The molecular weight excluding hydrogens is 603 g/mol. The Labute approximate surface area is 283 Å². The molecule has 0 radical (unpaired) electrons. The van der Waals surface area contributed by atoms with Crippen LogP contribution in [0.5, 0.6) is 11.5 Å². The molecule has 2 aliphatic carbocycles. The van der Waals surface area contributed by atoms with E-state index in [2.05, 4.69) is 120 Å². The Bertz CT molecular complexity index is 2500. The summed E-state index contributed by atoms with van der Waals surface area (Å²) in [5, 5.41) is 2.27. The van der Waals surface area contributed by atoms with E-state index in [-0.39, 0.29) is 12.0 Å². The van der Waals surface area contributed by atoms with E-state index in [1.165, 1.54) is 5.57 Å². The minimum absolute atomic E-state index is 0.0879. The number of hydrogen-bond donors (Lipinski definition) is 0. The van der Waals surface area contributed by atoms with Gasteiger partial charge in [-0.3, -0.25) is 0 Å². The molecule has 232 valence electrons. The second-order valence-corrected chi connectivity index (χ2v) is 12.5. The van der Waals surface area contributed by atoms with Crippen molar-refractivity contribution in [2.75, 3.05) is 0 Å². The summed E-state index contributed by atoms with van der Waals surface area (Å²) in [5.41, 5.74) is 9.05. The van der Waals surface area contributed by atoms with Gasteiger partial charge in [0.25, 0.3) is 0 Å². The van der Waals surface area contributed by atoms with Crippen molar-refractivity contribution in [2.24, 2.45) is 5.92 Å². The van der Waals surface area contributed by atoms with Gasteiger partial charge in [-0.15, -0.1) is 0 Å². The van der Waals surface area contributed by atoms with Crippen molar-refractivity contribution >= 4 is 21.8 Å². The van der Waals surface area contributed by atoms with E-state index in [4.69, 9.17) is 19.4 Å². The predicted octanol–water partition coefficient (Wildman–Crippen LogP) is 10.3. The van der Waals surface area contributed by atoms with Crippen molar-refractivity contribution in [1.82, 2.24) is 14.5 Å². The van der Waals surface area contributed by atoms with Gasteiger partial charge in [-0.1, -0.05) is 121 Å². The predicted molar refractivity (Wildman–Crippen MR) is 196 cm³/mol. The van der Waals surface area contributed by atoms with Crippen molar-refractivity contribution in [3.63, 3.8) is 0 Å². The van der Waals surface area contributed by atoms with E-state index in [1.807, 2.05) is 48.5 Å². The zero-order chi connectivity index (χ0) is 32.3. The van der Waals surface area contributed by atoms with Crippen LogP contribution in [-0.2, 0) is 0 Å². The Morgan fingerprint density at radius 1 is 0.612 bits per heavy atom. The molecule has 3 aliphatic rings. The van der Waals surface area contributed by atoms with Gasteiger partial charge in [0.15, 0.2) is 23.4 Å². The molecule has 0 fully saturated rings. The summed E-state index contributed by atoms with van der Waals surface area (Å²) in [4.78, 5) is 10.1. The minimum atomic E-state index is -0.245. The van der Waals surface area contributed by atoms with E-state index in [1.54, 1.807) is 0 Å². The van der Waals surface area contributed by atoms with Crippen molar-refractivity contribution in [2.45, 2.75) is 6.10 Å². The van der Waals surface area contributed by atoms with Gasteiger partial charge in [0.1, 0.15) is 11.3 Å². The Morgan fingerprint density at radius 3 is 2.22 bits per heavy atom. The Kier molecular flexibility index (Phi) is 6.24. The highest BCUT2D eigenvalue weighted by Crippen LogP contribution is 2.48. The molecule has 1 aliphatic heterocycles. The number of allylic oxidation sites excluding steroid dienone is 5. The molecule has 2 atom stereocenters. The number of hydrogen-bond acceptors (Lipinski definition) is 4. The van der Waals surface area contributed by atoms with Crippen molar-refractivity contribution in [3.05, 3.63) is 175 Å². The Morgan fingerprint density at radius 2 is 1.37 bits per heavy atom. The molecule has 2 aromatic heterocycles. The third-order valence-electron chi connectivity index (χ3n) is 9.60. The number of nitrogens with zero attached hydrogens (tertiary/aromatic N) is 3. The second-order valence-electron chi connectivity index (χ2n) is 12.5. The first-order chi connectivity index (χ1) is 24.3. The van der Waals surface area contributed by atoms with Gasteiger partial charge in [0.05, 0.1) is 16.9 Å². The number of ether oxygens (including phenoxy) is 2. The molecule has 0 saturated carbocycles. The van der Waals surface area contributed by atoms with Crippen LogP contribution in [0.1, 0.15) is 0 Å². The highest BCUT2D eigenvalue weighted by Gasteiger charge is 2.38. The molecule has 0 spiro atoms. The van der Waals surface area contributed by atoms with E-state index in [0.717, 1.165) is 72.8 Å². The third kappa shape index (κ3) is 4.54. The fourth-order valence-electron chi connectivity index (χ4n) is 7.29. The van der Waals surface area contributed by atoms with Crippen LogP contribution in [0.3, 0.4) is 0 Å². The fourth-order valence-corrected chi connectivity index (χ4v) is 7.29. The topological polar surface area (TPSA) is 49.2 Å². The molecule has 0 amide bonds. The molecule has 7 aromatic rings. The van der Waals surface area contributed by atoms with Gasteiger partial charge in [-0.2, -0.15) is 0 Å². The van der Waals surface area contributed by atoms with Gasteiger partial charge >= 0.3 is 0 Å². The molecule has 5 aromatic carbocycles. The summed E-state index contributed by atoms with van der Waals surface area (Å²) < 4.78 is 15.9. The van der Waals surface area contributed by atoms with Crippen LogP contribution in [0.25, 0.3) is 61.4 Å². The maximum Gasteiger partial charge on any atom is 0.187 e. The van der Waals surface area contributed by atoms with E-state index >= 15 is 0 Å². The second kappa shape index (κ2) is 11.1. The maximum atomic E-state index is 6.99. The molecule has 0 saturated heterocycles. The van der Waals surface area contributed by atoms with Gasteiger partial charge in [-0.05, 0) is 48.0 Å². The third-order valence-corrected chi connectivity index (χ3v) is 9.60. The van der Waals surface area contributed by atoms with Crippen LogP contribution in [-0.4, -0.2) is 20.6 Å². The summed E-state index contributed by atoms with van der Waals surface area (Å²) in [7, 11) is 0. The first-order valence-corrected chi connectivity index (χ1v) is 16.6. The molecule has 0 bridgehead atoms. The standard InChI is InChI=1S/C44H29N3O2/c1-3-13-29(14-4-1)36-27-37(46-44(45-36)30-15-5-2-6-16-30)31-17-11-18-32(26-31)47-38-21-10-9-20-34(38)35-23-25-40-43(41(35)47)49-42-33-19-8-7-12-28(33)22-24-39(42)48-40/h1-27,33,42H. The lowest BCUT2D eigenvalue weighted by atomic mass is 9.84. The highest BCUT2D eigenvalue weighted by molar-refractivity contribution is 6.12. The SMILES string of the molecule is C1=CC2=CC=C3Oc4ccc5c6ccccc6n(-c6cccc(-c7cc(-c8ccccc8)nc(-c8ccccc8)n7)c6)c5c4OC3C2C=C1. The van der Waals surface area contributed by atoms with Crippen molar-refractivity contribution in [3.8, 4) is 51.1 Å². The zero-order valence-corrected chi connectivity index (χ0v) is 26.4. The lowest BCUT2D eigenvalue weighted by Gasteiger charge is -2.36. The molecular formula is C44H29N3O2. The van der Waals surface area contributed by atoms with Gasteiger partial charge in [0.2, 0.25) is 0 Å². The summed E-state index contributed by atoms with van der Waals surface area (Å²) >= 11 is 0. The highest BCUT2D eigenvalue weighted by atomic mass is 16.6. The van der Waals surface area contributed by atoms with Gasteiger partial charge < -0.3 is 14.0 Å². The number of para-hydroxylation sites is 1. The smallest absolute Gasteiger partial charge is 0.187 e. The van der Waals surface area contributed by atoms with Crippen LogP contribution in [0, 0.1) is 5.92 Å². The first kappa shape index (κ1) is 27.6. The normalized spacial score (nSPS) is 17.4. The summed E-state index contributed by atoms with van der Waals surface area (Å²) in [6, 6.07) is 43.8. The van der Waals surface area contributed by atoms with E-state index in [0.29, 0.717) is 5.82 Å². The van der Waals surface area contributed by atoms with Crippen LogP contribution in [0.15, 0.2) is 175 Å². The van der Waals surface area contributed by atoms with Gasteiger partial charge in [0, 0.05) is 39.1 Å². The molecule has 3 heterocycles. The Balaban J connectivity index is 1.16.